The molecule has 2 aromatic heterocycles. The second kappa shape index (κ2) is 9.74. The van der Waals surface area contributed by atoms with Gasteiger partial charge in [-0.3, -0.25) is 10.2 Å². The number of fused-ring (bicyclic) bond motifs is 1. The van der Waals surface area contributed by atoms with E-state index in [0.717, 1.165) is 0 Å². The van der Waals surface area contributed by atoms with Gasteiger partial charge in [0.2, 0.25) is 0 Å². The lowest BCUT2D eigenvalue weighted by molar-refractivity contribution is -0.115. The molecule has 1 fully saturated rings. The number of aromatic nitrogens is 4. The first-order valence-corrected chi connectivity index (χ1v) is 11.5. The van der Waals surface area contributed by atoms with E-state index in [1.165, 1.54) is 6.20 Å². The Hall–Kier alpha value is -4.32. The zero-order valence-electron chi connectivity index (χ0n) is 19.9. The largest absolute Gasteiger partial charge is 0.392 e. The minimum Gasteiger partial charge on any atom is -0.392 e. The normalized spacial score (nSPS) is 18.5. The summed E-state index contributed by atoms with van der Waals surface area (Å²) in [5.41, 5.74) is 1.66. The monoisotopic (exact) mass is 491 g/mol. The van der Waals surface area contributed by atoms with Crippen molar-refractivity contribution in [1.29, 1.82) is 5.41 Å². The van der Waals surface area contributed by atoms with Gasteiger partial charge in [-0.25, -0.2) is 19.3 Å². The fraction of sp³-hybridized carbons (Fsp3) is 0.292. The van der Waals surface area contributed by atoms with Gasteiger partial charge < -0.3 is 30.6 Å². The zero-order valence-corrected chi connectivity index (χ0v) is 19.9. The van der Waals surface area contributed by atoms with E-state index in [-0.39, 0.29) is 34.0 Å². The highest BCUT2D eigenvalue weighted by Crippen LogP contribution is 2.30. The summed E-state index contributed by atoms with van der Waals surface area (Å²) in [5.74, 6) is -0.286. The Kier molecular flexibility index (Phi) is 6.34. The maximum Gasteiger partial charge on any atom is 0.261 e. The number of morpholine rings is 1. The van der Waals surface area contributed by atoms with Gasteiger partial charge in [0.15, 0.2) is 5.82 Å². The lowest BCUT2D eigenvalue weighted by Crippen LogP contribution is -2.41. The molecule has 36 heavy (non-hydrogen) atoms. The Bertz CT molecular complexity index is 1380. The van der Waals surface area contributed by atoms with Crippen LogP contribution in [0.2, 0.25) is 0 Å². The average Bonchev–Trinajstić information content (AvgIpc) is 3.33. The highest BCUT2D eigenvalue weighted by Gasteiger charge is 2.33. The van der Waals surface area contributed by atoms with Crippen molar-refractivity contribution in [2.45, 2.75) is 13.0 Å². The number of rotatable bonds is 6. The van der Waals surface area contributed by atoms with E-state index in [0.29, 0.717) is 43.3 Å². The molecule has 5 N–H and O–H groups in total. The average molecular weight is 492 g/mol. The number of ether oxygens (including phenoxy) is 1. The highest BCUT2D eigenvalue weighted by atomic mass is 19.1. The molecular formula is C24H26FN9O2. The van der Waals surface area contributed by atoms with Crippen LogP contribution >= 0.6 is 0 Å². The molecule has 1 saturated heterocycles. The molecule has 0 radical (unpaired) electrons. The third-order valence-corrected chi connectivity index (χ3v) is 6.03. The number of H-pyrrole nitrogens is 1. The van der Waals surface area contributed by atoms with Crippen LogP contribution in [0.1, 0.15) is 24.6 Å². The number of carbonyl (C=O) groups excluding carboxylic acids is 1. The fourth-order valence-electron chi connectivity index (χ4n) is 4.26. The number of halogens is 1. The molecular weight excluding hydrogens is 465 g/mol. The van der Waals surface area contributed by atoms with Gasteiger partial charge in [-0.15, -0.1) is 0 Å². The molecule has 0 unspecified atom stereocenters. The number of imidazole rings is 1. The van der Waals surface area contributed by atoms with Crippen molar-refractivity contribution in [2.24, 2.45) is 0 Å². The van der Waals surface area contributed by atoms with Gasteiger partial charge in [-0.2, -0.15) is 0 Å². The van der Waals surface area contributed by atoms with E-state index in [1.807, 2.05) is 11.8 Å². The van der Waals surface area contributed by atoms with E-state index >= 15 is 4.39 Å². The first-order chi connectivity index (χ1) is 17.5. The maximum atomic E-state index is 15.5. The van der Waals surface area contributed by atoms with Gasteiger partial charge in [-0.05, 0) is 25.1 Å². The maximum absolute atomic E-state index is 15.5. The number of anilines is 1. The van der Waals surface area contributed by atoms with Crippen LogP contribution in [0.5, 0.6) is 0 Å². The molecule has 2 aliphatic heterocycles. The van der Waals surface area contributed by atoms with Crippen LogP contribution < -0.4 is 20.9 Å². The topological polar surface area (TPSA) is 144 Å². The fourth-order valence-corrected chi connectivity index (χ4v) is 4.26. The number of aromatic amines is 1. The number of nitrogens with one attached hydrogen (secondary N) is 5. The predicted molar refractivity (Wildman–Crippen MR) is 133 cm³/mol. The van der Waals surface area contributed by atoms with Gasteiger partial charge in [-0.1, -0.05) is 0 Å². The van der Waals surface area contributed by atoms with Crippen LogP contribution in [0.25, 0.3) is 16.6 Å². The molecule has 0 aliphatic carbocycles. The summed E-state index contributed by atoms with van der Waals surface area (Å²) >= 11 is 0. The molecule has 2 aliphatic rings. The molecule has 5 rings (SSSR count). The highest BCUT2D eigenvalue weighted by molar-refractivity contribution is 6.33. The van der Waals surface area contributed by atoms with E-state index < -0.39 is 17.8 Å². The number of nitrogens with zero attached hydrogens (tertiary/aromatic N) is 4. The molecule has 1 amide bonds. The quantitative estimate of drug-likeness (QED) is 0.350. The van der Waals surface area contributed by atoms with Crippen LogP contribution in [-0.4, -0.2) is 64.9 Å². The van der Waals surface area contributed by atoms with Crippen molar-refractivity contribution >= 4 is 33.9 Å². The summed E-state index contributed by atoms with van der Waals surface area (Å²) in [7, 11) is 1.67. The molecule has 1 aromatic carbocycles. The van der Waals surface area contributed by atoms with E-state index in [4.69, 9.17) is 10.1 Å². The van der Waals surface area contributed by atoms with Crippen LogP contribution in [0, 0.1) is 11.2 Å². The number of amides is 1. The predicted octanol–water partition coefficient (Wildman–Crippen LogP) is 1.60. The third-order valence-electron chi connectivity index (χ3n) is 6.03. The zero-order chi connectivity index (χ0) is 25.2. The molecule has 186 valence electrons. The van der Waals surface area contributed by atoms with Crippen LogP contribution in [-0.2, 0) is 9.53 Å². The van der Waals surface area contributed by atoms with E-state index in [1.54, 1.807) is 37.6 Å². The molecule has 0 saturated carbocycles. The summed E-state index contributed by atoms with van der Waals surface area (Å²) in [5, 5.41) is 17.5. The van der Waals surface area contributed by atoms with E-state index in [9.17, 15) is 4.79 Å². The lowest BCUT2D eigenvalue weighted by atomic mass is 10.0. The summed E-state index contributed by atoms with van der Waals surface area (Å²) in [6, 6.07) is 4.69. The van der Waals surface area contributed by atoms with Gasteiger partial charge in [0, 0.05) is 38.7 Å². The smallest absolute Gasteiger partial charge is 0.261 e. The number of carbonyl (C=O) groups is 1. The lowest BCUT2D eigenvalue weighted by Gasteiger charge is -2.29. The Morgan fingerprint density at radius 3 is 2.72 bits per heavy atom. The summed E-state index contributed by atoms with van der Waals surface area (Å²) < 4.78 is 20.9. The van der Waals surface area contributed by atoms with Crippen molar-refractivity contribution in [1.82, 2.24) is 35.9 Å². The summed E-state index contributed by atoms with van der Waals surface area (Å²) in [6.07, 6.45) is 4.76. The van der Waals surface area contributed by atoms with Gasteiger partial charge in [0.05, 0.1) is 41.9 Å². The first kappa shape index (κ1) is 23.4. The minimum absolute atomic E-state index is 0.0386. The molecule has 3 aromatic rings. The Morgan fingerprint density at radius 2 is 2.00 bits per heavy atom. The molecule has 1 atom stereocenters. The third kappa shape index (κ3) is 4.26. The second-order valence-corrected chi connectivity index (χ2v) is 8.38. The Labute approximate surface area is 206 Å². The Balaban J connectivity index is 1.60. The summed E-state index contributed by atoms with van der Waals surface area (Å²) in [4.78, 5) is 31.2. The summed E-state index contributed by atoms with van der Waals surface area (Å²) in [6.45, 7) is 4.06. The molecule has 0 spiro atoms. The van der Waals surface area contributed by atoms with E-state index in [2.05, 4.69) is 35.9 Å². The van der Waals surface area contributed by atoms with Crippen molar-refractivity contribution in [2.75, 3.05) is 38.3 Å². The van der Waals surface area contributed by atoms with Crippen LogP contribution in [0.4, 0.5) is 10.1 Å². The van der Waals surface area contributed by atoms with Crippen molar-refractivity contribution in [3.05, 3.63) is 65.7 Å². The van der Waals surface area contributed by atoms with Crippen molar-refractivity contribution in [3.63, 3.8) is 0 Å². The van der Waals surface area contributed by atoms with Crippen LogP contribution in [0.3, 0.4) is 0 Å². The molecule has 12 heteroatoms. The number of hydrogen-bond donors (Lipinski definition) is 5. The van der Waals surface area contributed by atoms with Gasteiger partial charge >= 0.3 is 0 Å². The SMILES string of the molecule is CN/C=C1/NC(=O)C(c2nc3ccc(N4CCOCC4)c(F)c3[nH]2)=C(N[C@@H](C)c2ncccn2)C1=N. The standard InChI is InChI=1S/C24H26FN9O2/c1-13(22-28-6-3-7-29-22)30-21-17(24(35)32-15(12-27-2)19(21)26)23-31-14-4-5-16(18(25)20(14)33-23)34-8-10-36-11-9-34/h3-7,12-13,26-27,30H,8-11H2,1-2H3,(H,31,33)(H,32,35)/b15-12+,26-19?/t13-/m0/s1. The number of hydrogen-bond acceptors (Lipinski definition) is 9. The second-order valence-electron chi connectivity index (χ2n) is 8.38. The minimum atomic E-state index is -0.482. The van der Waals surface area contributed by atoms with Crippen molar-refractivity contribution < 1.29 is 13.9 Å². The molecule has 11 nitrogen and oxygen atoms in total. The number of benzene rings is 1. The molecule has 4 heterocycles. The van der Waals surface area contributed by atoms with Gasteiger partial charge in [0.25, 0.3) is 5.91 Å². The molecule has 0 bridgehead atoms. The van der Waals surface area contributed by atoms with Crippen LogP contribution in [0.15, 0.2) is 48.2 Å². The first-order valence-electron chi connectivity index (χ1n) is 11.5. The van der Waals surface area contributed by atoms with Crippen molar-refractivity contribution in [3.8, 4) is 0 Å². The van der Waals surface area contributed by atoms with Gasteiger partial charge in [0.1, 0.15) is 28.5 Å². The Morgan fingerprint density at radius 1 is 1.25 bits per heavy atom.